The van der Waals surface area contributed by atoms with Gasteiger partial charge in [-0.15, -0.1) is 0 Å². The summed E-state index contributed by atoms with van der Waals surface area (Å²) in [6, 6.07) is 13.4. The third kappa shape index (κ3) is 4.34. The van der Waals surface area contributed by atoms with Crippen LogP contribution in [0.1, 0.15) is 11.1 Å². The van der Waals surface area contributed by atoms with Gasteiger partial charge in [0.1, 0.15) is 12.6 Å². The summed E-state index contributed by atoms with van der Waals surface area (Å²) in [6.45, 7) is 0.0711. The molecular formula is C19H17ClN2O4. The molecule has 0 spiro atoms. The number of fused-ring (bicyclic) bond motifs is 1. The maximum absolute atomic E-state index is 12.0. The standard InChI is InChI=1S/C19H17ClN2O4/c20-14-6-7-16-15(9-14)13(10-21-16)8-17(18(23)24)22-19(25)26-11-12-4-2-1-3-5-12/h1-7,9-10,17,21H,8,11H2,(H,22,25)(H,23,24)/t17-/m0/s1. The number of hydrogen-bond acceptors (Lipinski definition) is 3. The van der Waals surface area contributed by atoms with Crippen molar-refractivity contribution in [3.63, 3.8) is 0 Å². The molecule has 0 aliphatic rings. The molecule has 1 heterocycles. The number of aliphatic carboxylic acids is 1. The number of aromatic amines is 1. The minimum absolute atomic E-state index is 0.0711. The van der Waals surface area contributed by atoms with Crippen molar-refractivity contribution in [3.05, 3.63) is 70.9 Å². The van der Waals surface area contributed by atoms with Gasteiger partial charge in [-0.3, -0.25) is 0 Å². The largest absolute Gasteiger partial charge is 0.480 e. The van der Waals surface area contributed by atoms with Gasteiger partial charge in [0.15, 0.2) is 0 Å². The molecule has 0 radical (unpaired) electrons. The maximum atomic E-state index is 12.0. The summed E-state index contributed by atoms with van der Waals surface area (Å²) in [5.41, 5.74) is 2.42. The molecule has 6 nitrogen and oxygen atoms in total. The van der Waals surface area contributed by atoms with Crippen LogP contribution in [0.2, 0.25) is 5.02 Å². The van der Waals surface area contributed by atoms with Crippen molar-refractivity contribution in [2.75, 3.05) is 0 Å². The molecule has 3 N–H and O–H groups in total. The van der Waals surface area contributed by atoms with Crippen molar-refractivity contribution in [2.24, 2.45) is 0 Å². The van der Waals surface area contributed by atoms with Crippen molar-refractivity contribution in [1.29, 1.82) is 0 Å². The molecule has 1 amide bonds. The molecule has 3 rings (SSSR count). The first-order valence-corrected chi connectivity index (χ1v) is 8.36. The van der Waals surface area contributed by atoms with Gasteiger partial charge in [-0.2, -0.15) is 0 Å². The monoisotopic (exact) mass is 372 g/mol. The van der Waals surface area contributed by atoms with Crippen LogP contribution >= 0.6 is 11.6 Å². The number of carbonyl (C=O) groups is 2. The first-order chi connectivity index (χ1) is 12.5. The molecule has 0 aliphatic carbocycles. The van der Waals surface area contributed by atoms with Crippen LogP contribution in [0.4, 0.5) is 4.79 Å². The molecular weight excluding hydrogens is 356 g/mol. The molecule has 0 fully saturated rings. The Morgan fingerprint density at radius 2 is 1.96 bits per heavy atom. The Morgan fingerprint density at radius 1 is 1.19 bits per heavy atom. The van der Waals surface area contributed by atoms with E-state index in [-0.39, 0.29) is 13.0 Å². The number of rotatable bonds is 6. The first-order valence-electron chi connectivity index (χ1n) is 7.98. The number of H-pyrrole nitrogens is 1. The van der Waals surface area contributed by atoms with Crippen molar-refractivity contribution in [1.82, 2.24) is 10.3 Å². The summed E-state index contributed by atoms with van der Waals surface area (Å²) >= 11 is 6.01. The molecule has 2 aromatic carbocycles. The third-order valence-corrected chi connectivity index (χ3v) is 4.19. The van der Waals surface area contributed by atoms with E-state index in [1.54, 1.807) is 18.3 Å². The minimum Gasteiger partial charge on any atom is -0.480 e. The molecule has 0 saturated heterocycles. The number of aromatic nitrogens is 1. The second kappa shape index (κ2) is 7.93. The SMILES string of the molecule is O=C(N[C@@H](Cc1c[nH]c2ccc(Cl)cc12)C(=O)O)OCc1ccccc1. The van der Waals surface area contributed by atoms with Crippen LogP contribution in [0.5, 0.6) is 0 Å². The molecule has 0 unspecified atom stereocenters. The highest BCUT2D eigenvalue weighted by Crippen LogP contribution is 2.23. The Kier molecular flexibility index (Phi) is 5.43. The number of nitrogens with one attached hydrogen (secondary N) is 2. The number of alkyl carbamates (subject to hydrolysis) is 1. The Labute approximate surface area is 154 Å². The van der Waals surface area contributed by atoms with Crippen LogP contribution in [0.25, 0.3) is 10.9 Å². The minimum atomic E-state index is -1.14. The van der Waals surface area contributed by atoms with E-state index >= 15 is 0 Å². The van der Waals surface area contributed by atoms with E-state index in [0.717, 1.165) is 22.0 Å². The lowest BCUT2D eigenvalue weighted by Crippen LogP contribution is -2.42. The van der Waals surface area contributed by atoms with Crippen molar-refractivity contribution >= 4 is 34.6 Å². The summed E-state index contributed by atoms with van der Waals surface area (Å²) < 4.78 is 5.09. The van der Waals surface area contributed by atoms with Crippen LogP contribution in [0.15, 0.2) is 54.7 Å². The number of carbonyl (C=O) groups excluding carboxylic acids is 1. The summed E-state index contributed by atoms with van der Waals surface area (Å²) in [7, 11) is 0. The Hall–Kier alpha value is -2.99. The number of amides is 1. The predicted octanol–water partition coefficient (Wildman–Crippen LogP) is 3.74. The predicted molar refractivity (Wildman–Crippen MR) is 98.2 cm³/mol. The van der Waals surface area contributed by atoms with Gasteiger partial charge in [-0.05, 0) is 29.3 Å². The highest BCUT2D eigenvalue weighted by atomic mass is 35.5. The van der Waals surface area contributed by atoms with E-state index in [2.05, 4.69) is 10.3 Å². The fourth-order valence-corrected chi connectivity index (χ4v) is 2.82. The molecule has 0 bridgehead atoms. The van der Waals surface area contributed by atoms with Crippen molar-refractivity contribution in [2.45, 2.75) is 19.1 Å². The third-order valence-electron chi connectivity index (χ3n) is 3.96. The number of hydrogen-bond donors (Lipinski definition) is 3. The smallest absolute Gasteiger partial charge is 0.408 e. The second-order valence-electron chi connectivity index (χ2n) is 5.80. The van der Waals surface area contributed by atoms with Gasteiger partial charge in [0.2, 0.25) is 0 Å². The van der Waals surface area contributed by atoms with E-state index in [1.807, 2.05) is 36.4 Å². The van der Waals surface area contributed by atoms with Crippen LogP contribution in [0.3, 0.4) is 0 Å². The Balaban J connectivity index is 1.66. The molecule has 7 heteroatoms. The quantitative estimate of drug-likeness (QED) is 0.614. The summed E-state index contributed by atoms with van der Waals surface area (Å²) in [5, 5.41) is 13.2. The van der Waals surface area contributed by atoms with Gasteiger partial charge < -0.3 is 20.1 Å². The van der Waals surface area contributed by atoms with Crippen LogP contribution < -0.4 is 5.32 Å². The highest BCUT2D eigenvalue weighted by Gasteiger charge is 2.22. The topological polar surface area (TPSA) is 91.4 Å². The lowest BCUT2D eigenvalue weighted by molar-refractivity contribution is -0.139. The fourth-order valence-electron chi connectivity index (χ4n) is 2.65. The lowest BCUT2D eigenvalue weighted by atomic mass is 10.1. The average molecular weight is 373 g/mol. The van der Waals surface area contributed by atoms with Crippen molar-refractivity contribution < 1.29 is 19.4 Å². The number of carboxylic acid groups (broad SMARTS) is 1. The number of benzene rings is 2. The number of ether oxygens (including phenoxy) is 1. The molecule has 1 aromatic heterocycles. The summed E-state index contributed by atoms with van der Waals surface area (Å²) in [6.07, 6.45) is 1.04. The number of halogens is 1. The maximum Gasteiger partial charge on any atom is 0.408 e. The Morgan fingerprint density at radius 3 is 2.69 bits per heavy atom. The summed E-state index contributed by atoms with van der Waals surface area (Å²) in [4.78, 5) is 26.5. The average Bonchev–Trinajstić information content (AvgIpc) is 3.02. The van der Waals surface area contributed by atoms with Crippen LogP contribution in [-0.4, -0.2) is 28.2 Å². The van der Waals surface area contributed by atoms with E-state index in [0.29, 0.717) is 5.02 Å². The zero-order chi connectivity index (χ0) is 18.5. The van der Waals surface area contributed by atoms with Gasteiger partial charge in [-0.25, -0.2) is 9.59 Å². The molecule has 3 aromatic rings. The Bertz CT molecular complexity index is 924. The van der Waals surface area contributed by atoms with E-state index in [4.69, 9.17) is 16.3 Å². The lowest BCUT2D eigenvalue weighted by Gasteiger charge is -2.14. The molecule has 134 valence electrons. The first kappa shape index (κ1) is 17.8. The highest BCUT2D eigenvalue weighted by molar-refractivity contribution is 6.31. The molecule has 1 atom stereocenters. The molecule has 0 aliphatic heterocycles. The normalized spacial score (nSPS) is 11.9. The zero-order valence-corrected chi connectivity index (χ0v) is 14.5. The fraction of sp³-hybridized carbons (Fsp3) is 0.158. The van der Waals surface area contributed by atoms with Crippen molar-refractivity contribution in [3.8, 4) is 0 Å². The van der Waals surface area contributed by atoms with Gasteiger partial charge in [0, 0.05) is 28.5 Å². The van der Waals surface area contributed by atoms with Gasteiger partial charge in [0.25, 0.3) is 0 Å². The molecule has 0 saturated carbocycles. The molecule has 26 heavy (non-hydrogen) atoms. The van der Waals surface area contributed by atoms with Gasteiger partial charge in [-0.1, -0.05) is 41.9 Å². The second-order valence-corrected chi connectivity index (χ2v) is 6.24. The van der Waals surface area contributed by atoms with E-state index < -0.39 is 18.1 Å². The van der Waals surface area contributed by atoms with Crippen LogP contribution in [0, 0.1) is 0 Å². The number of carboxylic acids is 1. The van der Waals surface area contributed by atoms with Gasteiger partial charge >= 0.3 is 12.1 Å². The van der Waals surface area contributed by atoms with E-state index in [9.17, 15) is 14.7 Å². The van der Waals surface area contributed by atoms with Gasteiger partial charge in [0.05, 0.1) is 0 Å². The summed E-state index contributed by atoms with van der Waals surface area (Å²) in [5.74, 6) is -1.14. The van der Waals surface area contributed by atoms with Crippen LogP contribution in [-0.2, 0) is 22.6 Å². The van der Waals surface area contributed by atoms with E-state index in [1.165, 1.54) is 0 Å². The zero-order valence-electron chi connectivity index (χ0n) is 13.7.